The fraction of sp³-hybridized carbons (Fsp3) is 0.529. The normalized spacial score (nSPS) is 19.6. The first-order chi connectivity index (χ1) is 10.5. The molecule has 1 aromatic rings. The zero-order valence-corrected chi connectivity index (χ0v) is 13.3. The number of nitrogens with zero attached hydrogens (tertiary/aromatic N) is 1. The number of benzene rings is 1. The summed E-state index contributed by atoms with van der Waals surface area (Å²) in [5.41, 5.74) is 6.83. The van der Waals surface area contributed by atoms with Gasteiger partial charge >= 0.3 is 0 Å². The highest BCUT2D eigenvalue weighted by Gasteiger charge is 2.24. The van der Waals surface area contributed by atoms with Crippen molar-refractivity contribution in [3.05, 3.63) is 29.8 Å². The van der Waals surface area contributed by atoms with E-state index in [1.807, 2.05) is 4.90 Å². The Morgan fingerprint density at radius 3 is 2.59 bits per heavy atom. The standard InChI is InChI=1S/C17H25N3O2/c1-12(11-18)16(21)19-15-8-6-14(7-9-15)17(22)20-10-4-3-5-13(20)2/h6-9,12-13H,3-5,10-11,18H2,1-2H3,(H,19,21). The third kappa shape index (κ3) is 3.85. The Morgan fingerprint density at radius 1 is 1.32 bits per heavy atom. The van der Waals surface area contributed by atoms with E-state index in [2.05, 4.69) is 12.2 Å². The van der Waals surface area contributed by atoms with Crippen molar-refractivity contribution in [2.24, 2.45) is 11.7 Å². The number of hydrogen-bond acceptors (Lipinski definition) is 3. The molecule has 0 aromatic heterocycles. The molecule has 0 bridgehead atoms. The van der Waals surface area contributed by atoms with Gasteiger partial charge in [-0.05, 0) is 50.5 Å². The lowest BCUT2D eigenvalue weighted by Crippen LogP contribution is -2.42. The van der Waals surface area contributed by atoms with Gasteiger partial charge in [-0.1, -0.05) is 6.92 Å². The molecule has 2 unspecified atom stereocenters. The van der Waals surface area contributed by atoms with Crippen LogP contribution in [-0.2, 0) is 4.79 Å². The first kappa shape index (κ1) is 16.5. The molecule has 0 aliphatic carbocycles. The Hall–Kier alpha value is -1.88. The van der Waals surface area contributed by atoms with Crippen molar-refractivity contribution >= 4 is 17.5 Å². The molecule has 22 heavy (non-hydrogen) atoms. The fourth-order valence-corrected chi connectivity index (χ4v) is 2.63. The minimum Gasteiger partial charge on any atom is -0.336 e. The van der Waals surface area contributed by atoms with E-state index in [0.717, 1.165) is 19.4 Å². The number of anilines is 1. The molecule has 0 radical (unpaired) electrons. The zero-order valence-electron chi connectivity index (χ0n) is 13.3. The van der Waals surface area contributed by atoms with E-state index < -0.39 is 0 Å². The van der Waals surface area contributed by atoms with Crippen molar-refractivity contribution in [3.63, 3.8) is 0 Å². The van der Waals surface area contributed by atoms with Crippen LogP contribution in [0.1, 0.15) is 43.5 Å². The quantitative estimate of drug-likeness (QED) is 0.895. The van der Waals surface area contributed by atoms with Crippen LogP contribution in [-0.4, -0.2) is 35.8 Å². The van der Waals surface area contributed by atoms with Crippen LogP contribution in [0.5, 0.6) is 0 Å². The van der Waals surface area contributed by atoms with Crippen molar-refractivity contribution in [2.45, 2.75) is 39.2 Å². The van der Waals surface area contributed by atoms with Gasteiger partial charge in [0, 0.05) is 36.3 Å². The molecule has 5 nitrogen and oxygen atoms in total. The zero-order chi connectivity index (χ0) is 16.1. The summed E-state index contributed by atoms with van der Waals surface area (Å²) in [5.74, 6) is -0.262. The Kier molecular flexibility index (Phi) is 5.55. The number of nitrogens with two attached hydrogens (primary N) is 1. The maximum Gasteiger partial charge on any atom is 0.254 e. The Labute approximate surface area is 131 Å². The molecular weight excluding hydrogens is 278 g/mol. The smallest absolute Gasteiger partial charge is 0.254 e. The van der Waals surface area contributed by atoms with Crippen LogP contribution < -0.4 is 11.1 Å². The van der Waals surface area contributed by atoms with Gasteiger partial charge in [0.1, 0.15) is 0 Å². The summed E-state index contributed by atoms with van der Waals surface area (Å²) in [6.45, 7) is 5.02. The lowest BCUT2D eigenvalue weighted by Gasteiger charge is -2.33. The highest BCUT2D eigenvalue weighted by Crippen LogP contribution is 2.20. The van der Waals surface area contributed by atoms with Crippen LogP contribution in [0.25, 0.3) is 0 Å². The summed E-state index contributed by atoms with van der Waals surface area (Å²) >= 11 is 0. The highest BCUT2D eigenvalue weighted by atomic mass is 16.2. The van der Waals surface area contributed by atoms with Gasteiger partial charge in [0.05, 0.1) is 0 Å². The average Bonchev–Trinajstić information content (AvgIpc) is 2.54. The molecule has 0 saturated carbocycles. The minimum absolute atomic E-state index is 0.0698. The molecule has 2 amide bonds. The largest absolute Gasteiger partial charge is 0.336 e. The molecule has 2 rings (SSSR count). The van der Waals surface area contributed by atoms with Gasteiger partial charge in [-0.2, -0.15) is 0 Å². The molecule has 1 heterocycles. The number of carbonyl (C=O) groups is 2. The van der Waals surface area contributed by atoms with Gasteiger partial charge in [0.15, 0.2) is 0 Å². The highest BCUT2D eigenvalue weighted by molar-refractivity contribution is 5.96. The van der Waals surface area contributed by atoms with E-state index in [0.29, 0.717) is 23.8 Å². The predicted molar refractivity (Wildman–Crippen MR) is 87.6 cm³/mol. The first-order valence-corrected chi connectivity index (χ1v) is 7.95. The number of hydrogen-bond donors (Lipinski definition) is 2. The predicted octanol–water partition coefficient (Wildman–Crippen LogP) is 2.23. The molecule has 1 fully saturated rings. The lowest BCUT2D eigenvalue weighted by molar-refractivity contribution is -0.119. The van der Waals surface area contributed by atoms with E-state index in [4.69, 9.17) is 5.73 Å². The molecule has 1 aliphatic heterocycles. The second kappa shape index (κ2) is 7.40. The van der Waals surface area contributed by atoms with Gasteiger partial charge in [-0.15, -0.1) is 0 Å². The molecule has 0 spiro atoms. The van der Waals surface area contributed by atoms with Crippen molar-refractivity contribution in [2.75, 3.05) is 18.4 Å². The lowest BCUT2D eigenvalue weighted by atomic mass is 10.0. The number of carbonyl (C=O) groups excluding carboxylic acids is 2. The molecule has 3 N–H and O–H groups in total. The van der Waals surface area contributed by atoms with Crippen molar-refractivity contribution in [1.29, 1.82) is 0 Å². The van der Waals surface area contributed by atoms with Crippen molar-refractivity contribution < 1.29 is 9.59 Å². The van der Waals surface area contributed by atoms with E-state index >= 15 is 0 Å². The van der Waals surface area contributed by atoms with Crippen LogP contribution in [0.2, 0.25) is 0 Å². The number of piperidine rings is 1. The van der Waals surface area contributed by atoms with E-state index in [1.165, 1.54) is 6.42 Å². The van der Waals surface area contributed by atoms with E-state index in [-0.39, 0.29) is 17.7 Å². The number of rotatable bonds is 4. The molecule has 2 atom stereocenters. The molecule has 120 valence electrons. The van der Waals surface area contributed by atoms with Crippen LogP contribution in [0.15, 0.2) is 24.3 Å². The van der Waals surface area contributed by atoms with Crippen LogP contribution in [0.4, 0.5) is 5.69 Å². The Morgan fingerprint density at radius 2 is 2.00 bits per heavy atom. The Bertz CT molecular complexity index is 527. The van der Waals surface area contributed by atoms with Gasteiger partial charge in [0.2, 0.25) is 5.91 Å². The fourth-order valence-electron chi connectivity index (χ4n) is 2.63. The van der Waals surface area contributed by atoms with E-state index in [9.17, 15) is 9.59 Å². The van der Waals surface area contributed by atoms with Gasteiger partial charge in [-0.25, -0.2) is 0 Å². The minimum atomic E-state index is -0.226. The van der Waals surface area contributed by atoms with Crippen molar-refractivity contribution in [3.8, 4) is 0 Å². The van der Waals surface area contributed by atoms with Gasteiger partial charge < -0.3 is 16.0 Å². The maximum absolute atomic E-state index is 12.5. The maximum atomic E-state index is 12.5. The molecule has 1 saturated heterocycles. The molecule has 5 heteroatoms. The Balaban J connectivity index is 2.02. The number of nitrogens with one attached hydrogen (secondary N) is 1. The number of amides is 2. The summed E-state index contributed by atoms with van der Waals surface area (Å²) in [5, 5.41) is 2.80. The second-order valence-corrected chi connectivity index (χ2v) is 6.05. The van der Waals surface area contributed by atoms with Crippen LogP contribution >= 0.6 is 0 Å². The van der Waals surface area contributed by atoms with Crippen LogP contribution in [0, 0.1) is 5.92 Å². The van der Waals surface area contributed by atoms with Crippen LogP contribution in [0.3, 0.4) is 0 Å². The first-order valence-electron chi connectivity index (χ1n) is 7.95. The summed E-state index contributed by atoms with van der Waals surface area (Å²) in [6, 6.07) is 7.37. The topological polar surface area (TPSA) is 75.4 Å². The molecular formula is C17H25N3O2. The summed E-state index contributed by atoms with van der Waals surface area (Å²) in [4.78, 5) is 26.2. The van der Waals surface area contributed by atoms with E-state index in [1.54, 1.807) is 31.2 Å². The summed E-state index contributed by atoms with van der Waals surface area (Å²) in [7, 11) is 0. The SMILES string of the molecule is CC(CN)C(=O)Nc1ccc(C(=O)N2CCCCC2C)cc1. The molecule has 1 aromatic carbocycles. The van der Waals surface area contributed by atoms with Gasteiger partial charge in [-0.3, -0.25) is 9.59 Å². The van der Waals surface area contributed by atoms with Crippen molar-refractivity contribution in [1.82, 2.24) is 4.90 Å². The molecule has 1 aliphatic rings. The van der Waals surface area contributed by atoms with Gasteiger partial charge in [0.25, 0.3) is 5.91 Å². The summed E-state index contributed by atoms with van der Waals surface area (Å²) in [6.07, 6.45) is 3.33. The second-order valence-electron chi connectivity index (χ2n) is 6.05. The summed E-state index contributed by atoms with van der Waals surface area (Å²) < 4.78 is 0. The monoisotopic (exact) mass is 303 g/mol. The third-order valence-corrected chi connectivity index (χ3v) is 4.26. The third-order valence-electron chi connectivity index (χ3n) is 4.26. The number of likely N-dealkylation sites (tertiary alicyclic amines) is 1. The average molecular weight is 303 g/mol.